The second-order valence-corrected chi connectivity index (χ2v) is 5.48. The molecule has 5 heteroatoms. The van der Waals surface area contributed by atoms with Gasteiger partial charge < -0.3 is 15.2 Å². The molecule has 0 aliphatic carbocycles. The summed E-state index contributed by atoms with van der Waals surface area (Å²) in [4.78, 5) is 23.6. The Morgan fingerprint density at radius 3 is 2.28 bits per heavy atom. The third-order valence-electron chi connectivity index (χ3n) is 3.69. The van der Waals surface area contributed by atoms with Gasteiger partial charge in [-0.2, -0.15) is 0 Å². The summed E-state index contributed by atoms with van der Waals surface area (Å²) in [6, 6.07) is 22.0. The molecule has 0 fully saturated rings. The molecule has 25 heavy (non-hydrogen) atoms. The van der Waals surface area contributed by atoms with Crippen molar-refractivity contribution in [3.8, 4) is 5.75 Å². The minimum atomic E-state index is -1.13. The van der Waals surface area contributed by atoms with E-state index in [0.717, 1.165) is 10.8 Å². The molecule has 0 heterocycles. The molecule has 3 aromatic rings. The predicted molar refractivity (Wildman–Crippen MR) is 93.9 cm³/mol. The topological polar surface area (TPSA) is 78.6 Å². The fourth-order valence-electron chi connectivity index (χ4n) is 2.48. The van der Waals surface area contributed by atoms with E-state index >= 15 is 0 Å². The van der Waals surface area contributed by atoms with E-state index in [2.05, 4.69) is 0 Å². The lowest BCUT2D eigenvalue weighted by Gasteiger charge is -2.15. The first-order chi connectivity index (χ1) is 12.1. The maximum atomic E-state index is 12.0. The lowest BCUT2D eigenvalue weighted by molar-refractivity contribution is -0.157. The molecule has 126 valence electrons. The van der Waals surface area contributed by atoms with Crippen molar-refractivity contribution >= 4 is 22.6 Å². The Morgan fingerprint density at radius 2 is 1.56 bits per heavy atom. The van der Waals surface area contributed by atoms with Crippen molar-refractivity contribution in [1.29, 1.82) is 0 Å². The number of esters is 1. The molecule has 0 aromatic heterocycles. The molecule has 0 bridgehead atoms. The van der Waals surface area contributed by atoms with Crippen LogP contribution in [0.4, 0.5) is 0 Å². The first-order valence-electron chi connectivity index (χ1n) is 7.79. The quantitative estimate of drug-likeness (QED) is 0.702. The van der Waals surface area contributed by atoms with Crippen LogP contribution in [0, 0.1) is 0 Å². The number of carbonyl (C=O) groups is 2. The molecular formula is C20H17NO4. The zero-order valence-electron chi connectivity index (χ0n) is 13.4. The van der Waals surface area contributed by atoms with Gasteiger partial charge in [-0.05, 0) is 22.9 Å². The van der Waals surface area contributed by atoms with Crippen LogP contribution < -0.4 is 10.5 Å². The fourth-order valence-corrected chi connectivity index (χ4v) is 2.48. The van der Waals surface area contributed by atoms with Gasteiger partial charge in [0.15, 0.2) is 6.61 Å². The van der Waals surface area contributed by atoms with Crippen LogP contribution in [0.1, 0.15) is 11.7 Å². The Morgan fingerprint density at radius 1 is 0.880 bits per heavy atom. The number of hydrogen-bond acceptors (Lipinski definition) is 4. The second-order valence-electron chi connectivity index (χ2n) is 5.48. The van der Waals surface area contributed by atoms with Crippen molar-refractivity contribution in [2.45, 2.75) is 6.10 Å². The molecule has 0 spiro atoms. The molecule has 0 aliphatic rings. The molecule has 0 aliphatic heterocycles. The lowest BCUT2D eigenvalue weighted by atomic mass is 10.1. The van der Waals surface area contributed by atoms with Crippen molar-refractivity contribution in [3.63, 3.8) is 0 Å². The zero-order valence-corrected chi connectivity index (χ0v) is 13.4. The molecule has 5 nitrogen and oxygen atoms in total. The average molecular weight is 335 g/mol. The van der Waals surface area contributed by atoms with Gasteiger partial charge in [-0.15, -0.1) is 0 Å². The Labute approximate surface area is 145 Å². The van der Waals surface area contributed by atoms with Gasteiger partial charge in [-0.3, -0.25) is 4.79 Å². The molecule has 1 atom stereocenters. The summed E-state index contributed by atoms with van der Waals surface area (Å²) >= 11 is 0. The van der Waals surface area contributed by atoms with Crippen LogP contribution in [-0.4, -0.2) is 18.5 Å². The van der Waals surface area contributed by atoms with Crippen molar-refractivity contribution < 1.29 is 19.1 Å². The summed E-state index contributed by atoms with van der Waals surface area (Å²) in [5, 5.41) is 2.09. The molecule has 3 aromatic carbocycles. The van der Waals surface area contributed by atoms with Crippen LogP contribution in [-0.2, 0) is 14.3 Å². The van der Waals surface area contributed by atoms with Crippen LogP contribution in [0.15, 0.2) is 72.8 Å². The van der Waals surface area contributed by atoms with Crippen molar-refractivity contribution in [3.05, 3.63) is 78.4 Å². The van der Waals surface area contributed by atoms with E-state index in [1.807, 2.05) is 36.4 Å². The van der Waals surface area contributed by atoms with E-state index in [9.17, 15) is 9.59 Å². The number of rotatable bonds is 6. The van der Waals surface area contributed by atoms with Crippen LogP contribution in [0.5, 0.6) is 5.75 Å². The first kappa shape index (κ1) is 16.5. The number of fused-ring (bicyclic) bond motifs is 1. The van der Waals surface area contributed by atoms with Gasteiger partial charge in [-0.1, -0.05) is 60.7 Å². The van der Waals surface area contributed by atoms with E-state index in [4.69, 9.17) is 15.2 Å². The van der Waals surface area contributed by atoms with Crippen LogP contribution in [0.2, 0.25) is 0 Å². The van der Waals surface area contributed by atoms with Gasteiger partial charge in [0.1, 0.15) is 5.75 Å². The number of hydrogen-bond donors (Lipinski definition) is 1. The molecule has 1 amide bonds. The monoisotopic (exact) mass is 335 g/mol. The second kappa shape index (κ2) is 7.49. The zero-order chi connectivity index (χ0) is 17.6. The van der Waals surface area contributed by atoms with Crippen molar-refractivity contribution in [2.75, 3.05) is 6.61 Å². The van der Waals surface area contributed by atoms with Gasteiger partial charge >= 0.3 is 5.97 Å². The maximum Gasteiger partial charge on any atom is 0.345 e. The van der Waals surface area contributed by atoms with E-state index < -0.39 is 18.0 Å². The van der Waals surface area contributed by atoms with Gasteiger partial charge in [0.05, 0.1) is 0 Å². The minimum absolute atomic E-state index is 0.311. The number of carbonyl (C=O) groups excluding carboxylic acids is 2. The SMILES string of the molecule is NC(=O)C(OC(=O)COc1ccc2ccccc2c1)c1ccccc1. The maximum absolute atomic E-state index is 12.0. The van der Waals surface area contributed by atoms with Gasteiger partial charge in [0.25, 0.3) is 5.91 Å². The number of amides is 1. The highest BCUT2D eigenvalue weighted by Crippen LogP contribution is 2.21. The molecule has 2 N–H and O–H groups in total. The molecule has 0 saturated heterocycles. The highest BCUT2D eigenvalue weighted by atomic mass is 16.6. The van der Waals surface area contributed by atoms with Crippen molar-refractivity contribution in [1.82, 2.24) is 0 Å². The average Bonchev–Trinajstić information content (AvgIpc) is 2.64. The highest BCUT2D eigenvalue weighted by molar-refractivity contribution is 5.85. The molecule has 3 rings (SSSR count). The first-order valence-corrected chi connectivity index (χ1v) is 7.79. The van der Waals surface area contributed by atoms with E-state index in [-0.39, 0.29) is 6.61 Å². The molecular weight excluding hydrogens is 318 g/mol. The van der Waals surface area contributed by atoms with Crippen LogP contribution in [0.25, 0.3) is 10.8 Å². The number of nitrogens with two attached hydrogens (primary N) is 1. The third kappa shape index (κ3) is 4.14. The van der Waals surface area contributed by atoms with Gasteiger partial charge in [0, 0.05) is 5.56 Å². The van der Waals surface area contributed by atoms with Crippen LogP contribution >= 0.6 is 0 Å². The number of benzene rings is 3. The Kier molecular flexibility index (Phi) is 4.95. The summed E-state index contributed by atoms with van der Waals surface area (Å²) in [6.45, 7) is -0.311. The normalized spacial score (nSPS) is 11.7. The lowest BCUT2D eigenvalue weighted by Crippen LogP contribution is -2.28. The summed E-state index contributed by atoms with van der Waals surface area (Å²) in [5.74, 6) is -0.850. The highest BCUT2D eigenvalue weighted by Gasteiger charge is 2.22. The van der Waals surface area contributed by atoms with Gasteiger partial charge in [-0.25, -0.2) is 4.79 Å². The van der Waals surface area contributed by atoms with E-state index in [1.165, 1.54) is 0 Å². The third-order valence-corrected chi connectivity index (χ3v) is 3.69. The van der Waals surface area contributed by atoms with Crippen LogP contribution in [0.3, 0.4) is 0 Å². The molecule has 1 unspecified atom stereocenters. The number of ether oxygens (including phenoxy) is 2. The summed E-state index contributed by atoms with van der Waals surface area (Å²) in [6.07, 6.45) is -1.13. The predicted octanol–water partition coefficient (Wildman–Crippen LogP) is 2.99. The standard InChI is InChI=1S/C20H17NO4/c21-20(23)19(15-7-2-1-3-8-15)25-18(22)13-24-17-11-10-14-6-4-5-9-16(14)12-17/h1-12,19H,13H2,(H2,21,23). The Bertz CT molecular complexity index is 892. The smallest absolute Gasteiger partial charge is 0.345 e. The largest absolute Gasteiger partial charge is 0.482 e. The Balaban J connectivity index is 1.64. The number of primary amides is 1. The molecule has 0 saturated carbocycles. The van der Waals surface area contributed by atoms with Gasteiger partial charge in [0.2, 0.25) is 6.10 Å². The minimum Gasteiger partial charge on any atom is -0.482 e. The van der Waals surface area contributed by atoms with E-state index in [1.54, 1.807) is 36.4 Å². The van der Waals surface area contributed by atoms with Crippen molar-refractivity contribution in [2.24, 2.45) is 5.73 Å². The molecule has 0 radical (unpaired) electrons. The Hall–Kier alpha value is -3.34. The summed E-state index contributed by atoms with van der Waals surface area (Å²) < 4.78 is 10.6. The summed E-state index contributed by atoms with van der Waals surface area (Å²) in [5.41, 5.74) is 5.85. The fraction of sp³-hybridized carbons (Fsp3) is 0.100. The van der Waals surface area contributed by atoms with E-state index in [0.29, 0.717) is 11.3 Å². The summed E-state index contributed by atoms with van der Waals surface area (Å²) in [7, 11) is 0.